The summed E-state index contributed by atoms with van der Waals surface area (Å²) in [6, 6.07) is 6.18. The third kappa shape index (κ3) is 2.68. The van der Waals surface area contributed by atoms with Crippen molar-refractivity contribution >= 4 is 11.9 Å². The third-order valence-corrected chi connectivity index (χ3v) is 5.00. The van der Waals surface area contributed by atoms with Gasteiger partial charge in [-0.25, -0.2) is 4.79 Å². The number of carboxylic acid groups (broad SMARTS) is 1. The van der Waals surface area contributed by atoms with Gasteiger partial charge in [-0.3, -0.25) is 9.48 Å². The van der Waals surface area contributed by atoms with E-state index in [1.165, 1.54) is 12.4 Å². The van der Waals surface area contributed by atoms with Gasteiger partial charge in [0.15, 0.2) is 0 Å². The molecule has 124 valence electrons. The molecule has 0 radical (unpaired) electrons. The standard InChI is InChI=1S/C18H19N3O3/c1-11-4-12(7-20-8-14-5-16(14)17(20)22)2-3-13(11)9-21-10-15(6-19-21)18(23)24/h2-4,6,10,14,16H,5,7-9H2,1H3,(H,23,24). The van der Waals surface area contributed by atoms with Crippen molar-refractivity contribution in [3.63, 3.8) is 0 Å². The van der Waals surface area contributed by atoms with Gasteiger partial charge in [0, 0.05) is 25.2 Å². The predicted octanol–water partition coefficient (Wildman–Crippen LogP) is 1.92. The van der Waals surface area contributed by atoms with E-state index in [4.69, 9.17) is 5.11 Å². The maximum Gasteiger partial charge on any atom is 0.338 e. The molecule has 1 saturated carbocycles. The van der Waals surface area contributed by atoms with Crippen LogP contribution in [0.3, 0.4) is 0 Å². The van der Waals surface area contributed by atoms with Crippen molar-refractivity contribution in [3.8, 4) is 0 Å². The molecule has 1 saturated heterocycles. The number of fused-ring (bicyclic) bond motifs is 1. The number of carbonyl (C=O) groups is 2. The summed E-state index contributed by atoms with van der Waals surface area (Å²) in [5, 5.41) is 13.0. The molecule has 1 aliphatic carbocycles. The lowest BCUT2D eigenvalue weighted by molar-refractivity contribution is -0.130. The number of aryl methyl sites for hydroxylation is 1. The van der Waals surface area contributed by atoms with Crippen LogP contribution in [0.25, 0.3) is 0 Å². The lowest BCUT2D eigenvalue weighted by Crippen LogP contribution is -2.27. The fourth-order valence-electron chi connectivity index (χ4n) is 3.49. The van der Waals surface area contributed by atoms with E-state index < -0.39 is 5.97 Å². The molecule has 2 aliphatic rings. The lowest BCUT2D eigenvalue weighted by atomic mass is 10.0. The second-order valence-corrected chi connectivity index (χ2v) is 6.81. The molecule has 0 bridgehead atoms. The van der Waals surface area contributed by atoms with Gasteiger partial charge in [-0.1, -0.05) is 18.2 Å². The van der Waals surface area contributed by atoms with Gasteiger partial charge in [0.25, 0.3) is 0 Å². The van der Waals surface area contributed by atoms with E-state index in [-0.39, 0.29) is 5.56 Å². The maximum absolute atomic E-state index is 12.1. The van der Waals surface area contributed by atoms with E-state index in [2.05, 4.69) is 11.2 Å². The molecule has 4 rings (SSSR count). The molecule has 6 heteroatoms. The van der Waals surface area contributed by atoms with Crippen LogP contribution in [0.5, 0.6) is 0 Å². The molecule has 1 amide bonds. The van der Waals surface area contributed by atoms with Crippen molar-refractivity contribution in [1.29, 1.82) is 0 Å². The van der Waals surface area contributed by atoms with Crippen molar-refractivity contribution in [1.82, 2.24) is 14.7 Å². The van der Waals surface area contributed by atoms with Crippen LogP contribution in [-0.2, 0) is 17.9 Å². The molecule has 1 N–H and O–H groups in total. The van der Waals surface area contributed by atoms with Gasteiger partial charge >= 0.3 is 5.97 Å². The van der Waals surface area contributed by atoms with Crippen LogP contribution >= 0.6 is 0 Å². The van der Waals surface area contributed by atoms with Crippen LogP contribution in [0.15, 0.2) is 30.6 Å². The average Bonchev–Trinajstić information content (AvgIpc) is 3.02. The highest BCUT2D eigenvalue weighted by atomic mass is 16.4. The SMILES string of the molecule is Cc1cc(CN2CC3CC3C2=O)ccc1Cn1cc(C(=O)O)cn1. The highest BCUT2D eigenvalue weighted by Gasteiger charge is 2.51. The van der Waals surface area contributed by atoms with Crippen molar-refractivity contribution in [2.75, 3.05) is 6.54 Å². The Morgan fingerprint density at radius 1 is 1.38 bits per heavy atom. The van der Waals surface area contributed by atoms with E-state index in [1.807, 2.05) is 24.0 Å². The molecular formula is C18H19N3O3. The Balaban J connectivity index is 1.45. The number of likely N-dealkylation sites (tertiary alicyclic amines) is 1. The molecule has 2 atom stereocenters. The van der Waals surface area contributed by atoms with Crippen LogP contribution in [0.2, 0.25) is 0 Å². The average molecular weight is 325 g/mol. The molecule has 1 aromatic heterocycles. The van der Waals surface area contributed by atoms with E-state index in [0.717, 1.165) is 29.7 Å². The normalized spacial score (nSPS) is 21.9. The number of piperidine rings is 1. The summed E-state index contributed by atoms with van der Waals surface area (Å²) in [4.78, 5) is 24.9. The van der Waals surface area contributed by atoms with E-state index in [0.29, 0.717) is 30.8 Å². The predicted molar refractivity (Wildman–Crippen MR) is 86.5 cm³/mol. The molecule has 2 fully saturated rings. The Morgan fingerprint density at radius 2 is 2.21 bits per heavy atom. The maximum atomic E-state index is 12.1. The minimum atomic E-state index is -0.971. The number of aromatic nitrogens is 2. The number of nitrogens with zero attached hydrogens (tertiary/aromatic N) is 3. The second-order valence-electron chi connectivity index (χ2n) is 6.81. The smallest absolute Gasteiger partial charge is 0.338 e. The number of hydrogen-bond donors (Lipinski definition) is 1. The number of amides is 1. The molecule has 1 aromatic carbocycles. The first-order chi connectivity index (χ1) is 11.5. The van der Waals surface area contributed by atoms with Gasteiger partial charge in [-0.05, 0) is 36.0 Å². The number of aromatic carboxylic acids is 1. The van der Waals surface area contributed by atoms with Crippen molar-refractivity contribution in [2.24, 2.45) is 11.8 Å². The van der Waals surface area contributed by atoms with E-state index in [9.17, 15) is 9.59 Å². The van der Waals surface area contributed by atoms with Crippen molar-refractivity contribution < 1.29 is 14.7 Å². The molecule has 0 spiro atoms. The first-order valence-electron chi connectivity index (χ1n) is 8.14. The molecule has 1 aliphatic heterocycles. The van der Waals surface area contributed by atoms with Gasteiger partial charge in [-0.2, -0.15) is 5.10 Å². The molecule has 2 heterocycles. The van der Waals surface area contributed by atoms with Crippen molar-refractivity contribution in [3.05, 3.63) is 52.8 Å². The van der Waals surface area contributed by atoms with Crippen LogP contribution in [0.1, 0.15) is 33.5 Å². The topological polar surface area (TPSA) is 75.4 Å². The Labute approximate surface area is 139 Å². The highest BCUT2D eigenvalue weighted by Crippen LogP contribution is 2.46. The monoisotopic (exact) mass is 325 g/mol. The number of carbonyl (C=O) groups excluding carboxylic acids is 1. The van der Waals surface area contributed by atoms with Crippen LogP contribution in [0, 0.1) is 18.8 Å². The van der Waals surface area contributed by atoms with Gasteiger partial charge in [-0.15, -0.1) is 0 Å². The lowest BCUT2D eigenvalue weighted by Gasteiger charge is -2.19. The fourth-order valence-corrected chi connectivity index (χ4v) is 3.49. The molecule has 2 unspecified atom stereocenters. The number of rotatable bonds is 5. The third-order valence-electron chi connectivity index (χ3n) is 5.00. The number of carboxylic acids is 1. The summed E-state index contributed by atoms with van der Waals surface area (Å²) >= 11 is 0. The molecule has 2 aromatic rings. The summed E-state index contributed by atoms with van der Waals surface area (Å²) in [5.74, 6) is 0.232. The Morgan fingerprint density at radius 3 is 2.83 bits per heavy atom. The minimum absolute atomic E-state index is 0.190. The summed E-state index contributed by atoms with van der Waals surface area (Å²) in [6.45, 7) is 4.14. The number of hydrogen-bond acceptors (Lipinski definition) is 3. The summed E-state index contributed by atoms with van der Waals surface area (Å²) in [6.07, 6.45) is 3.97. The number of benzene rings is 1. The van der Waals surface area contributed by atoms with E-state index in [1.54, 1.807) is 4.68 Å². The largest absolute Gasteiger partial charge is 0.478 e. The minimum Gasteiger partial charge on any atom is -0.478 e. The summed E-state index contributed by atoms with van der Waals surface area (Å²) < 4.78 is 1.63. The zero-order chi connectivity index (χ0) is 16.8. The van der Waals surface area contributed by atoms with Gasteiger partial charge in [0.1, 0.15) is 0 Å². The van der Waals surface area contributed by atoms with Crippen LogP contribution in [-0.4, -0.2) is 38.2 Å². The van der Waals surface area contributed by atoms with Gasteiger partial charge in [0.2, 0.25) is 5.91 Å². The zero-order valence-corrected chi connectivity index (χ0v) is 13.5. The quantitative estimate of drug-likeness (QED) is 0.911. The van der Waals surface area contributed by atoms with Crippen molar-refractivity contribution in [2.45, 2.75) is 26.4 Å². The van der Waals surface area contributed by atoms with Crippen LogP contribution in [0.4, 0.5) is 0 Å². The molecular weight excluding hydrogens is 306 g/mol. The first kappa shape index (κ1) is 14.9. The summed E-state index contributed by atoms with van der Waals surface area (Å²) in [5.41, 5.74) is 3.54. The Bertz CT molecular complexity index is 827. The van der Waals surface area contributed by atoms with Crippen LogP contribution < -0.4 is 0 Å². The first-order valence-corrected chi connectivity index (χ1v) is 8.14. The van der Waals surface area contributed by atoms with Gasteiger partial charge in [0.05, 0.1) is 18.3 Å². The highest BCUT2D eigenvalue weighted by molar-refractivity contribution is 5.86. The Kier molecular flexibility index (Phi) is 3.40. The fraction of sp³-hybridized carbons (Fsp3) is 0.389. The van der Waals surface area contributed by atoms with E-state index >= 15 is 0 Å². The zero-order valence-electron chi connectivity index (χ0n) is 13.5. The second kappa shape index (κ2) is 5.47. The summed E-state index contributed by atoms with van der Waals surface area (Å²) in [7, 11) is 0. The van der Waals surface area contributed by atoms with Gasteiger partial charge < -0.3 is 10.0 Å². The molecule has 24 heavy (non-hydrogen) atoms. The molecule has 6 nitrogen and oxygen atoms in total. The Hall–Kier alpha value is -2.63.